The number of phenols is 1. The molecule has 37 heavy (non-hydrogen) atoms. The molecule has 10 aliphatic rings. The molecule has 3 aliphatic carbocycles. The van der Waals surface area contributed by atoms with E-state index < -0.39 is 0 Å². The van der Waals surface area contributed by atoms with Gasteiger partial charge in [-0.3, -0.25) is 14.6 Å². The maximum atomic E-state index is 14.1. The first-order valence-corrected chi connectivity index (χ1v) is 15.0. The number of carbonyl (C=O) groups excluding carboxylic acids is 1. The van der Waals surface area contributed by atoms with Gasteiger partial charge in [-0.2, -0.15) is 0 Å². The first-order chi connectivity index (χ1) is 18.1. The minimum atomic E-state index is -0.0741. The predicted molar refractivity (Wildman–Crippen MR) is 137 cm³/mol. The SMILES string of the molecule is O=C(CN1C[C@H]2CC[C@@H]1CO2)N1CC[C@@]23CC[C@@H]1[C@@H]1Oc4c(O)ccc5c4[C@@]12CCN(CC1CC1)[C@H]3C5. The third-order valence-electron chi connectivity index (χ3n) is 12.2. The molecule has 6 bridgehead atoms. The highest BCUT2D eigenvalue weighted by Gasteiger charge is 2.74. The molecule has 7 heteroatoms. The molecule has 7 heterocycles. The molecule has 1 amide bonds. The van der Waals surface area contributed by atoms with E-state index in [0.29, 0.717) is 24.7 Å². The van der Waals surface area contributed by atoms with Gasteiger partial charge in [-0.1, -0.05) is 6.07 Å². The summed E-state index contributed by atoms with van der Waals surface area (Å²) >= 11 is 0. The van der Waals surface area contributed by atoms with Crippen LogP contribution >= 0.6 is 0 Å². The summed E-state index contributed by atoms with van der Waals surface area (Å²) < 4.78 is 12.8. The summed E-state index contributed by atoms with van der Waals surface area (Å²) in [5.41, 5.74) is 2.76. The van der Waals surface area contributed by atoms with Gasteiger partial charge in [-0.25, -0.2) is 0 Å². The Labute approximate surface area is 219 Å². The average Bonchev–Trinajstić information content (AvgIpc) is 3.70. The Morgan fingerprint density at radius 3 is 2.76 bits per heavy atom. The molecular formula is C30H39N3O4. The zero-order chi connectivity index (χ0) is 24.5. The van der Waals surface area contributed by atoms with E-state index in [2.05, 4.69) is 20.8 Å². The molecule has 7 aliphatic heterocycles. The smallest absolute Gasteiger partial charge is 0.237 e. The lowest BCUT2D eigenvalue weighted by Crippen LogP contribution is -2.73. The van der Waals surface area contributed by atoms with Gasteiger partial charge in [0.25, 0.3) is 0 Å². The van der Waals surface area contributed by atoms with Crippen LogP contribution in [-0.4, -0.2) is 95.4 Å². The van der Waals surface area contributed by atoms with Crippen molar-refractivity contribution in [3.63, 3.8) is 0 Å². The van der Waals surface area contributed by atoms with Crippen LogP contribution in [0.2, 0.25) is 0 Å². The van der Waals surface area contributed by atoms with Gasteiger partial charge >= 0.3 is 0 Å². The zero-order valence-electron chi connectivity index (χ0n) is 21.7. The third kappa shape index (κ3) is 2.76. The molecule has 7 atom stereocenters. The van der Waals surface area contributed by atoms with Crippen molar-refractivity contribution in [2.24, 2.45) is 11.3 Å². The number of morpholine rings is 1. The molecular weight excluding hydrogens is 466 g/mol. The summed E-state index contributed by atoms with van der Waals surface area (Å²) in [6.45, 7) is 5.38. The lowest BCUT2D eigenvalue weighted by molar-refractivity contribution is -0.151. The Balaban J connectivity index is 1.11. The van der Waals surface area contributed by atoms with Gasteiger partial charge in [0, 0.05) is 48.1 Å². The quantitative estimate of drug-likeness (QED) is 0.679. The van der Waals surface area contributed by atoms with Crippen LogP contribution in [-0.2, 0) is 21.4 Å². The summed E-state index contributed by atoms with van der Waals surface area (Å²) in [5, 5.41) is 11.0. The van der Waals surface area contributed by atoms with Gasteiger partial charge < -0.3 is 19.5 Å². The van der Waals surface area contributed by atoms with Gasteiger partial charge in [-0.15, -0.1) is 0 Å². The Hall–Kier alpha value is -1.83. The Kier molecular flexibility index (Phi) is 4.42. The van der Waals surface area contributed by atoms with E-state index in [1.807, 2.05) is 6.07 Å². The molecule has 1 N–H and O–H groups in total. The number of rotatable bonds is 4. The monoisotopic (exact) mass is 505 g/mol. The van der Waals surface area contributed by atoms with Crippen molar-refractivity contribution < 1.29 is 19.4 Å². The van der Waals surface area contributed by atoms with Crippen molar-refractivity contribution in [1.29, 1.82) is 0 Å². The largest absolute Gasteiger partial charge is 0.504 e. The van der Waals surface area contributed by atoms with E-state index in [9.17, 15) is 9.90 Å². The van der Waals surface area contributed by atoms with E-state index in [-0.39, 0.29) is 34.6 Å². The third-order valence-corrected chi connectivity index (χ3v) is 12.2. The van der Waals surface area contributed by atoms with Gasteiger partial charge in [0.15, 0.2) is 11.5 Å². The van der Waals surface area contributed by atoms with Crippen LogP contribution in [0.3, 0.4) is 0 Å². The topological polar surface area (TPSA) is 65.5 Å². The number of likely N-dealkylation sites (tertiary alicyclic amines) is 1. The fourth-order valence-electron chi connectivity index (χ4n) is 10.4. The van der Waals surface area contributed by atoms with Gasteiger partial charge in [0.05, 0.1) is 25.3 Å². The number of phenolic OH excluding ortho intramolecular Hbond substituents is 1. The number of hydrogen-bond donors (Lipinski definition) is 1. The zero-order valence-corrected chi connectivity index (χ0v) is 21.7. The van der Waals surface area contributed by atoms with Crippen LogP contribution < -0.4 is 4.74 Å². The minimum absolute atomic E-state index is 0.0400. The standard InChI is InChI=1S/C30H39N3O4/c34-23-6-3-19-13-24-29-8-7-22(33(12-9-29)25(35)16-32-15-21-5-4-20(32)17-36-21)28-30(29,26(19)27(23)37-28)10-11-31(24)14-18-1-2-18/h3,6,18,20-22,24,28,34H,1-2,4-5,7-17H2/t20-,21-,22-,24+,28+,29-,30+/m1/s1. The highest BCUT2D eigenvalue weighted by Crippen LogP contribution is 2.71. The van der Waals surface area contributed by atoms with Crippen molar-refractivity contribution in [2.45, 2.75) is 93.5 Å². The molecule has 2 spiro atoms. The normalized spacial score (nSPS) is 43.5. The van der Waals surface area contributed by atoms with Gasteiger partial charge in [-0.05, 0) is 81.9 Å². The van der Waals surface area contributed by atoms with Crippen LogP contribution in [0.1, 0.15) is 62.5 Å². The van der Waals surface area contributed by atoms with Crippen LogP contribution in [0, 0.1) is 11.3 Å². The van der Waals surface area contributed by atoms with Gasteiger partial charge in [0.1, 0.15) is 6.10 Å². The molecule has 0 radical (unpaired) electrons. The maximum Gasteiger partial charge on any atom is 0.237 e. The highest BCUT2D eigenvalue weighted by molar-refractivity contribution is 5.79. The van der Waals surface area contributed by atoms with Crippen LogP contribution in [0.25, 0.3) is 0 Å². The second-order valence-corrected chi connectivity index (χ2v) is 13.6. The maximum absolute atomic E-state index is 14.1. The molecule has 1 aromatic rings. The van der Waals surface area contributed by atoms with E-state index in [1.165, 1.54) is 36.9 Å². The summed E-state index contributed by atoms with van der Waals surface area (Å²) in [4.78, 5) is 21.5. The summed E-state index contributed by atoms with van der Waals surface area (Å²) in [5.74, 6) is 2.18. The highest BCUT2D eigenvalue weighted by atomic mass is 16.5. The van der Waals surface area contributed by atoms with Gasteiger partial charge in [0.2, 0.25) is 5.91 Å². The number of amides is 1. The number of benzene rings is 1. The summed E-state index contributed by atoms with van der Waals surface area (Å²) in [6, 6.07) is 5.03. The number of ether oxygens (including phenoxy) is 2. The number of nitrogens with zero attached hydrogens (tertiary/aromatic N) is 3. The van der Waals surface area contributed by atoms with E-state index in [4.69, 9.17) is 9.47 Å². The van der Waals surface area contributed by atoms with Crippen LogP contribution in [0.4, 0.5) is 0 Å². The number of aromatic hydroxyl groups is 1. The molecule has 8 fully saturated rings. The van der Waals surface area contributed by atoms with Crippen molar-refractivity contribution in [2.75, 3.05) is 39.3 Å². The Bertz CT molecular complexity index is 1160. The lowest BCUT2D eigenvalue weighted by atomic mass is 9.42. The molecule has 11 rings (SSSR count). The number of carbonyl (C=O) groups is 1. The van der Waals surface area contributed by atoms with E-state index in [1.54, 1.807) is 0 Å². The molecule has 1 aromatic carbocycles. The first-order valence-electron chi connectivity index (χ1n) is 15.0. The molecule has 2 saturated carbocycles. The van der Waals surface area contributed by atoms with Crippen LogP contribution in [0.15, 0.2) is 12.1 Å². The molecule has 6 saturated heterocycles. The number of hydrogen-bond acceptors (Lipinski definition) is 6. The second-order valence-electron chi connectivity index (χ2n) is 13.6. The van der Waals surface area contributed by atoms with Crippen molar-refractivity contribution in [3.8, 4) is 11.5 Å². The fourth-order valence-corrected chi connectivity index (χ4v) is 10.4. The molecule has 7 nitrogen and oxygen atoms in total. The Morgan fingerprint density at radius 1 is 1.05 bits per heavy atom. The van der Waals surface area contributed by atoms with Crippen molar-refractivity contribution in [3.05, 3.63) is 23.3 Å². The molecule has 0 aromatic heterocycles. The lowest BCUT2D eigenvalue weighted by Gasteiger charge is -2.66. The summed E-state index contributed by atoms with van der Waals surface area (Å²) in [6.07, 6.45) is 10.7. The fraction of sp³-hybridized carbons (Fsp3) is 0.767. The predicted octanol–water partition coefficient (Wildman–Crippen LogP) is 2.68. The second kappa shape index (κ2) is 7.42. The average molecular weight is 506 g/mol. The molecule has 0 unspecified atom stereocenters. The first kappa shape index (κ1) is 22.0. The number of fused-ring (bicyclic) bond motifs is 6. The van der Waals surface area contributed by atoms with Crippen molar-refractivity contribution in [1.82, 2.24) is 14.7 Å². The Morgan fingerprint density at radius 2 is 1.97 bits per heavy atom. The van der Waals surface area contributed by atoms with Crippen molar-refractivity contribution >= 4 is 5.91 Å². The number of piperidine rings is 2. The van der Waals surface area contributed by atoms with E-state index >= 15 is 0 Å². The molecule has 198 valence electrons. The summed E-state index contributed by atoms with van der Waals surface area (Å²) in [7, 11) is 0. The minimum Gasteiger partial charge on any atom is -0.504 e. The van der Waals surface area contributed by atoms with E-state index in [0.717, 1.165) is 76.4 Å². The van der Waals surface area contributed by atoms with Crippen LogP contribution in [0.5, 0.6) is 11.5 Å².